The first-order chi connectivity index (χ1) is 9.67. The van der Waals surface area contributed by atoms with Crippen molar-refractivity contribution in [1.82, 2.24) is 0 Å². The van der Waals surface area contributed by atoms with Crippen molar-refractivity contribution in [3.8, 4) is 0 Å². The molecule has 0 atom stereocenters. The van der Waals surface area contributed by atoms with E-state index in [1.807, 2.05) is 0 Å². The van der Waals surface area contributed by atoms with Crippen molar-refractivity contribution in [3.63, 3.8) is 0 Å². The van der Waals surface area contributed by atoms with Crippen LogP contribution in [0.4, 0.5) is 5.00 Å². The lowest BCUT2D eigenvalue weighted by Gasteiger charge is -2.10. The van der Waals surface area contributed by atoms with Gasteiger partial charge in [-0.05, 0) is 31.2 Å². The lowest BCUT2D eigenvalue weighted by atomic mass is 9.96. The minimum atomic E-state index is -0.382. The van der Waals surface area contributed by atoms with Crippen LogP contribution in [0.5, 0.6) is 0 Å². The summed E-state index contributed by atoms with van der Waals surface area (Å²) < 4.78 is 4.87. The van der Waals surface area contributed by atoms with E-state index < -0.39 is 0 Å². The second-order valence-corrected chi connectivity index (χ2v) is 6.17. The number of ether oxygens (including phenoxy) is 1. The molecule has 1 heterocycles. The van der Waals surface area contributed by atoms with Gasteiger partial charge in [0, 0.05) is 4.88 Å². The molecule has 1 amide bonds. The molecule has 0 aromatic carbocycles. The van der Waals surface area contributed by atoms with Crippen molar-refractivity contribution >= 4 is 39.8 Å². The quantitative estimate of drug-likeness (QED) is 0.687. The Hall–Kier alpha value is -1.07. The van der Waals surface area contributed by atoms with E-state index >= 15 is 0 Å². The van der Waals surface area contributed by atoms with Crippen LogP contribution in [0.1, 0.15) is 46.5 Å². The number of methoxy groups -OCH3 is 1. The molecule has 6 heteroatoms. The second-order valence-electron chi connectivity index (χ2n) is 4.80. The lowest BCUT2D eigenvalue weighted by Crippen LogP contribution is -2.15. The summed E-state index contributed by atoms with van der Waals surface area (Å²) in [6.45, 7) is 0. The maximum absolute atomic E-state index is 12.0. The van der Waals surface area contributed by atoms with E-state index in [0.29, 0.717) is 10.6 Å². The lowest BCUT2D eigenvalue weighted by molar-refractivity contribution is -0.113. The minimum absolute atomic E-state index is 0.122. The van der Waals surface area contributed by atoms with Gasteiger partial charge in [-0.2, -0.15) is 0 Å². The molecule has 1 N–H and O–H groups in total. The number of carbonyl (C=O) groups is 2. The zero-order valence-corrected chi connectivity index (χ0v) is 13.0. The van der Waals surface area contributed by atoms with Gasteiger partial charge in [-0.25, -0.2) is 4.79 Å². The molecule has 0 saturated heterocycles. The molecule has 0 unspecified atom stereocenters. The van der Waals surface area contributed by atoms with E-state index in [1.165, 1.54) is 36.2 Å². The Morgan fingerprint density at radius 2 is 1.95 bits per heavy atom. The van der Waals surface area contributed by atoms with Gasteiger partial charge in [0.15, 0.2) is 0 Å². The molecule has 1 aliphatic carbocycles. The van der Waals surface area contributed by atoms with Gasteiger partial charge >= 0.3 is 5.97 Å². The number of esters is 1. The van der Waals surface area contributed by atoms with Crippen molar-refractivity contribution in [2.75, 3.05) is 18.3 Å². The fraction of sp³-hybridized carbons (Fsp3) is 0.571. The van der Waals surface area contributed by atoms with Gasteiger partial charge in [0.25, 0.3) is 0 Å². The van der Waals surface area contributed by atoms with Crippen LogP contribution >= 0.6 is 22.9 Å². The van der Waals surface area contributed by atoms with E-state index in [0.717, 1.165) is 31.2 Å². The SMILES string of the molecule is COC(=O)c1c(NC(=O)CCl)sc2c1CCCCCC2. The Morgan fingerprint density at radius 3 is 2.60 bits per heavy atom. The third-order valence-electron chi connectivity index (χ3n) is 3.44. The zero-order valence-electron chi connectivity index (χ0n) is 11.5. The molecule has 0 radical (unpaired) electrons. The minimum Gasteiger partial charge on any atom is -0.465 e. The number of thiophene rings is 1. The number of amides is 1. The normalized spacial score (nSPS) is 14.9. The van der Waals surface area contributed by atoms with E-state index in [4.69, 9.17) is 16.3 Å². The first-order valence-electron chi connectivity index (χ1n) is 6.76. The number of aryl methyl sites for hydroxylation is 1. The Kier molecular flexibility index (Phi) is 5.43. The summed E-state index contributed by atoms with van der Waals surface area (Å²) >= 11 is 7.00. The van der Waals surface area contributed by atoms with Crippen molar-refractivity contribution in [3.05, 3.63) is 16.0 Å². The predicted molar refractivity (Wildman–Crippen MR) is 80.9 cm³/mol. The molecule has 2 rings (SSSR count). The molecular formula is C14H18ClNO3S. The third kappa shape index (κ3) is 3.33. The smallest absolute Gasteiger partial charge is 0.341 e. The fourth-order valence-electron chi connectivity index (χ4n) is 2.49. The summed E-state index contributed by atoms with van der Waals surface area (Å²) in [6, 6.07) is 0. The van der Waals surface area contributed by atoms with Gasteiger partial charge < -0.3 is 10.1 Å². The van der Waals surface area contributed by atoms with Crippen molar-refractivity contribution in [1.29, 1.82) is 0 Å². The number of rotatable bonds is 3. The van der Waals surface area contributed by atoms with Crippen LogP contribution in [-0.2, 0) is 22.4 Å². The summed E-state index contributed by atoms with van der Waals surface area (Å²) in [5.74, 6) is -0.803. The third-order valence-corrected chi connectivity index (χ3v) is 4.89. The molecule has 0 aliphatic heterocycles. The Balaban J connectivity index is 2.41. The van der Waals surface area contributed by atoms with Crippen LogP contribution in [0.25, 0.3) is 0 Å². The van der Waals surface area contributed by atoms with E-state index in [2.05, 4.69) is 5.32 Å². The van der Waals surface area contributed by atoms with Gasteiger partial charge in [-0.3, -0.25) is 4.79 Å². The molecule has 0 saturated carbocycles. The molecule has 1 aromatic rings. The summed E-state index contributed by atoms with van der Waals surface area (Å²) in [5, 5.41) is 3.30. The molecule has 4 nitrogen and oxygen atoms in total. The zero-order chi connectivity index (χ0) is 14.5. The number of hydrogen-bond donors (Lipinski definition) is 1. The topological polar surface area (TPSA) is 55.4 Å². The van der Waals surface area contributed by atoms with Crippen LogP contribution in [0.3, 0.4) is 0 Å². The molecule has 1 aromatic heterocycles. The second kappa shape index (κ2) is 7.09. The van der Waals surface area contributed by atoms with Crippen LogP contribution in [0, 0.1) is 0 Å². The number of hydrogen-bond acceptors (Lipinski definition) is 4. The fourth-order valence-corrected chi connectivity index (χ4v) is 3.85. The maximum Gasteiger partial charge on any atom is 0.341 e. The molecule has 20 heavy (non-hydrogen) atoms. The molecule has 0 fully saturated rings. The van der Waals surface area contributed by atoms with E-state index in [9.17, 15) is 9.59 Å². The van der Waals surface area contributed by atoms with Crippen molar-refractivity contribution in [2.24, 2.45) is 0 Å². The number of fused-ring (bicyclic) bond motifs is 1. The highest BCUT2D eigenvalue weighted by atomic mass is 35.5. The summed E-state index contributed by atoms with van der Waals surface area (Å²) in [5.41, 5.74) is 1.57. The van der Waals surface area contributed by atoms with Gasteiger partial charge in [-0.15, -0.1) is 22.9 Å². The van der Waals surface area contributed by atoms with E-state index in [1.54, 1.807) is 0 Å². The van der Waals surface area contributed by atoms with Crippen molar-refractivity contribution in [2.45, 2.75) is 38.5 Å². The molecule has 0 bridgehead atoms. The Labute approximate surface area is 127 Å². The Bertz CT molecular complexity index is 513. The average Bonchev–Trinajstić information content (AvgIpc) is 2.74. The number of halogens is 1. The van der Waals surface area contributed by atoms with E-state index in [-0.39, 0.29) is 17.8 Å². The monoisotopic (exact) mass is 315 g/mol. The van der Waals surface area contributed by atoms with Crippen molar-refractivity contribution < 1.29 is 14.3 Å². The molecular weight excluding hydrogens is 298 g/mol. The van der Waals surface area contributed by atoms with Crippen LogP contribution in [0.15, 0.2) is 0 Å². The highest BCUT2D eigenvalue weighted by Gasteiger charge is 2.25. The predicted octanol–water partition coefficient (Wildman–Crippen LogP) is 3.37. The largest absolute Gasteiger partial charge is 0.465 e. The van der Waals surface area contributed by atoms with Crippen LogP contribution in [0.2, 0.25) is 0 Å². The van der Waals surface area contributed by atoms with Gasteiger partial charge in [0.1, 0.15) is 10.9 Å². The Morgan fingerprint density at radius 1 is 1.25 bits per heavy atom. The summed E-state index contributed by atoms with van der Waals surface area (Å²) in [6.07, 6.45) is 6.41. The summed E-state index contributed by atoms with van der Waals surface area (Å²) in [4.78, 5) is 24.7. The van der Waals surface area contributed by atoms with Crippen LogP contribution < -0.4 is 5.32 Å². The highest BCUT2D eigenvalue weighted by molar-refractivity contribution is 7.17. The number of carbonyl (C=O) groups excluding carboxylic acids is 2. The van der Waals surface area contributed by atoms with Crippen LogP contribution in [-0.4, -0.2) is 24.9 Å². The molecule has 1 aliphatic rings. The average molecular weight is 316 g/mol. The highest BCUT2D eigenvalue weighted by Crippen LogP contribution is 2.37. The number of anilines is 1. The molecule has 110 valence electrons. The standard InChI is InChI=1S/C14H18ClNO3S/c1-19-14(18)12-9-6-4-2-3-5-7-10(9)20-13(12)16-11(17)8-15/h2-8H2,1H3,(H,16,17). The number of alkyl halides is 1. The van der Waals surface area contributed by atoms with Gasteiger partial charge in [0.2, 0.25) is 5.91 Å². The first-order valence-corrected chi connectivity index (χ1v) is 8.11. The summed E-state index contributed by atoms with van der Waals surface area (Å²) in [7, 11) is 1.36. The van der Waals surface area contributed by atoms with Gasteiger partial charge in [0.05, 0.1) is 12.7 Å². The maximum atomic E-state index is 12.0. The van der Waals surface area contributed by atoms with Gasteiger partial charge in [-0.1, -0.05) is 12.8 Å². The first kappa shape index (κ1) is 15.3. The number of nitrogens with one attached hydrogen (secondary N) is 1. The molecule has 0 spiro atoms.